The number of ether oxygens (including phenoxy) is 1. The Labute approximate surface area is 142 Å². The van der Waals surface area contributed by atoms with Crippen molar-refractivity contribution in [2.24, 2.45) is 11.8 Å². The molecule has 2 N–H and O–H groups in total. The molecule has 134 valence electrons. The lowest BCUT2D eigenvalue weighted by atomic mass is 9.84. The van der Waals surface area contributed by atoms with Crippen LogP contribution in [0.15, 0.2) is 24.3 Å². The van der Waals surface area contributed by atoms with E-state index in [0.717, 1.165) is 31.5 Å². The fraction of sp³-hybridized carbons (Fsp3) is 0.611. The summed E-state index contributed by atoms with van der Waals surface area (Å²) in [5.41, 5.74) is 0.838. The molecule has 24 heavy (non-hydrogen) atoms. The second-order valence-corrected chi connectivity index (χ2v) is 6.40. The van der Waals surface area contributed by atoms with Crippen molar-refractivity contribution in [1.82, 2.24) is 10.6 Å². The number of alkyl halides is 2. The molecule has 0 aromatic heterocycles. The Bertz CT molecular complexity index is 519. The Hall–Kier alpha value is -1.69. The first-order chi connectivity index (χ1) is 11.5. The van der Waals surface area contributed by atoms with Gasteiger partial charge in [0.15, 0.2) is 0 Å². The number of nitrogens with one attached hydrogen (secondary N) is 2. The molecule has 0 saturated carbocycles. The maximum atomic E-state index is 12.2. The van der Waals surface area contributed by atoms with E-state index in [0.29, 0.717) is 30.6 Å². The number of rotatable bonds is 8. The van der Waals surface area contributed by atoms with Gasteiger partial charge in [-0.25, -0.2) is 8.78 Å². The van der Waals surface area contributed by atoms with Gasteiger partial charge in [0.1, 0.15) is 12.4 Å². The Morgan fingerprint density at radius 1 is 1.38 bits per heavy atom. The van der Waals surface area contributed by atoms with Crippen LogP contribution in [-0.4, -0.2) is 32.0 Å². The molecule has 1 unspecified atom stereocenters. The fourth-order valence-corrected chi connectivity index (χ4v) is 3.05. The van der Waals surface area contributed by atoms with Gasteiger partial charge in [0.05, 0.1) is 0 Å². The number of amides is 1. The van der Waals surface area contributed by atoms with E-state index in [1.165, 1.54) is 0 Å². The van der Waals surface area contributed by atoms with Crippen molar-refractivity contribution in [3.63, 3.8) is 0 Å². The predicted molar refractivity (Wildman–Crippen MR) is 89.2 cm³/mol. The van der Waals surface area contributed by atoms with Crippen LogP contribution in [-0.2, 0) is 11.3 Å². The predicted octanol–water partition coefficient (Wildman–Crippen LogP) is 2.97. The number of hydrogen-bond donors (Lipinski definition) is 2. The number of carbonyl (C=O) groups is 1. The van der Waals surface area contributed by atoms with Crippen LogP contribution < -0.4 is 15.4 Å². The van der Waals surface area contributed by atoms with Crippen molar-refractivity contribution in [2.45, 2.75) is 39.2 Å². The molecular formula is C18H26F2N2O2. The number of carbonyl (C=O) groups excluding carboxylic acids is 1. The zero-order valence-corrected chi connectivity index (χ0v) is 14.1. The summed E-state index contributed by atoms with van der Waals surface area (Å²) in [4.78, 5) is 12.1. The van der Waals surface area contributed by atoms with Gasteiger partial charge in [0.25, 0.3) is 6.43 Å². The molecular weight excluding hydrogens is 314 g/mol. The van der Waals surface area contributed by atoms with Gasteiger partial charge in [0.2, 0.25) is 5.91 Å². The van der Waals surface area contributed by atoms with Crippen molar-refractivity contribution in [3.05, 3.63) is 29.8 Å². The van der Waals surface area contributed by atoms with Crippen LogP contribution >= 0.6 is 0 Å². The van der Waals surface area contributed by atoms with Crippen LogP contribution in [0.25, 0.3) is 0 Å². The van der Waals surface area contributed by atoms with E-state index in [9.17, 15) is 13.6 Å². The highest BCUT2D eigenvalue weighted by molar-refractivity contribution is 5.76. The van der Waals surface area contributed by atoms with E-state index < -0.39 is 13.0 Å². The van der Waals surface area contributed by atoms with Crippen LogP contribution in [0.3, 0.4) is 0 Å². The fourth-order valence-electron chi connectivity index (χ4n) is 3.05. The molecule has 1 atom stereocenters. The molecule has 0 aliphatic carbocycles. The average molecular weight is 340 g/mol. The van der Waals surface area contributed by atoms with Gasteiger partial charge in [-0.3, -0.25) is 4.79 Å². The maximum absolute atomic E-state index is 12.2. The standard InChI is InChI=1S/C18H26F2N2O2/c1-13(15-5-7-21-8-6-15)9-18(23)22-11-14-3-2-4-16(10-14)24-12-17(19)20/h2-4,10,13,15,17,21H,5-9,11-12H2,1H3,(H,22,23). The van der Waals surface area contributed by atoms with Crippen molar-refractivity contribution in [2.75, 3.05) is 19.7 Å². The molecule has 1 heterocycles. The van der Waals surface area contributed by atoms with Crippen LogP contribution in [0.2, 0.25) is 0 Å². The third-order valence-electron chi connectivity index (χ3n) is 4.46. The molecule has 2 rings (SSSR count). The SMILES string of the molecule is CC(CC(=O)NCc1cccc(OCC(F)F)c1)C1CCNCC1. The molecule has 1 aliphatic heterocycles. The number of piperidine rings is 1. The van der Waals surface area contributed by atoms with Gasteiger partial charge in [-0.2, -0.15) is 0 Å². The molecule has 0 radical (unpaired) electrons. The Kier molecular flexibility index (Phi) is 7.43. The van der Waals surface area contributed by atoms with Crippen molar-refractivity contribution >= 4 is 5.91 Å². The summed E-state index contributed by atoms with van der Waals surface area (Å²) >= 11 is 0. The second-order valence-electron chi connectivity index (χ2n) is 6.40. The number of benzene rings is 1. The summed E-state index contributed by atoms with van der Waals surface area (Å²) in [6, 6.07) is 6.89. The third kappa shape index (κ3) is 6.43. The molecule has 1 aliphatic rings. The lowest BCUT2D eigenvalue weighted by Crippen LogP contribution is -2.33. The van der Waals surface area contributed by atoms with E-state index in [-0.39, 0.29) is 5.91 Å². The first-order valence-electron chi connectivity index (χ1n) is 8.52. The summed E-state index contributed by atoms with van der Waals surface area (Å²) in [6.45, 7) is 3.95. The van der Waals surface area contributed by atoms with Crippen LogP contribution in [0.4, 0.5) is 8.78 Å². The minimum atomic E-state index is -2.50. The Morgan fingerprint density at radius 3 is 2.83 bits per heavy atom. The van der Waals surface area contributed by atoms with E-state index in [1.807, 2.05) is 6.07 Å². The lowest BCUT2D eigenvalue weighted by Gasteiger charge is -2.27. The summed E-state index contributed by atoms with van der Waals surface area (Å²) in [5.74, 6) is 1.39. The molecule has 1 amide bonds. The summed E-state index contributed by atoms with van der Waals surface area (Å²) in [5, 5.41) is 6.24. The lowest BCUT2D eigenvalue weighted by molar-refractivity contribution is -0.122. The normalized spacial score (nSPS) is 16.8. The summed E-state index contributed by atoms with van der Waals surface area (Å²) in [7, 11) is 0. The molecule has 4 nitrogen and oxygen atoms in total. The van der Waals surface area contributed by atoms with E-state index in [2.05, 4.69) is 17.6 Å². The molecule has 1 aromatic rings. The highest BCUT2D eigenvalue weighted by Crippen LogP contribution is 2.24. The largest absolute Gasteiger partial charge is 0.488 e. The Balaban J connectivity index is 1.75. The highest BCUT2D eigenvalue weighted by atomic mass is 19.3. The third-order valence-corrected chi connectivity index (χ3v) is 4.46. The van der Waals surface area contributed by atoms with Gasteiger partial charge in [-0.15, -0.1) is 0 Å². The van der Waals surface area contributed by atoms with E-state index in [4.69, 9.17) is 4.74 Å². The molecule has 1 saturated heterocycles. The van der Waals surface area contributed by atoms with Gasteiger partial charge >= 0.3 is 0 Å². The first kappa shape index (κ1) is 18.6. The zero-order valence-electron chi connectivity index (χ0n) is 14.1. The molecule has 6 heteroatoms. The smallest absolute Gasteiger partial charge is 0.272 e. The van der Waals surface area contributed by atoms with Gasteiger partial charge < -0.3 is 15.4 Å². The van der Waals surface area contributed by atoms with Gasteiger partial charge in [0, 0.05) is 13.0 Å². The minimum Gasteiger partial charge on any atom is -0.488 e. The molecule has 1 fully saturated rings. The first-order valence-corrected chi connectivity index (χ1v) is 8.52. The monoisotopic (exact) mass is 340 g/mol. The number of halogens is 2. The Morgan fingerprint density at radius 2 is 2.12 bits per heavy atom. The van der Waals surface area contributed by atoms with Crippen LogP contribution in [0, 0.1) is 11.8 Å². The molecule has 0 spiro atoms. The van der Waals surface area contributed by atoms with Crippen molar-refractivity contribution in [1.29, 1.82) is 0 Å². The van der Waals surface area contributed by atoms with Crippen molar-refractivity contribution in [3.8, 4) is 5.75 Å². The maximum Gasteiger partial charge on any atom is 0.272 e. The summed E-state index contributed by atoms with van der Waals surface area (Å²) in [6.07, 6.45) is 0.271. The number of hydrogen-bond acceptors (Lipinski definition) is 3. The average Bonchev–Trinajstić information content (AvgIpc) is 2.59. The van der Waals surface area contributed by atoms with Crippen LogP contribution in [0.5, 0.6) is 5.75 Å². The second kappa shape index (κ2) is 9.57. The molecule has 0 bridgehead atoms. The van der Waals surface area contributed by atoms with Crippen molar-refractivity contribution < 1.29 is 18.3 Å². The minimum absolute atomic E-state index is 0.0277. The molecule has 1 aromatic carbocycles. The van der Waals surface area contributed by atoms with Crippen LogP contribution in [0.1, 0.15) is 31.7 Å². The zero-order chi connectivity index (χ0) is 17.4. The van der Waals surface area contributed by atoms with Gasteiger partial charge in [-0.05, 0) is 55.5 Å². The topological polar surface area (TPSA) is 50.4 Å². The van der Waals surface area contributed by atoms with E-state index >= 15 is 0 Å². The highest BCUT2D eigenvalue weighted by Gasteiger charge is 2.21. The van der Waals surface area contributed by atoms with E-state index in [1.54, 1.807) is 18.2 Å². The quantitative estimate of drug-likeness (QED) is 0.765. The van der Waals surface area contributed by atoms with Gasteiger partial charge in [-0.1, -0.05) is 19.1 Å². The summed E-state index contributed by atoms with van der Waals surface area (Å²) < 4.78 is 29.3.